The van der Waals surface area contributed by atoms with Crippen molar-refractivity contribution in [2.24, 2.45) is 0 Å². The van der Waals surface area contributed by atoms with Crippen LogP contribution in [0, 0.1) is 0 Å². The minimum atomic E-state index is -1.000. The number of carbonyl (C=O) groups is 1. The maximum Gasteiger partial charge on any atom is 0.338 e. The average molecular weight is 293 g/mol. The van der Waals surface area contributed by atoms with E-state index in [1.165, 1.54) is 40.9 Å². The summed E-state index contributed by atoms with van der Waals surface area (Å²) in [7, 11) is 0. The Hall–Kier alpha value is -2.69. The van der Waals surface area contributed by atoms with Crippen molar-refractivity contribution in [3.63, 3.8) is 0 Å². The Bertz CT molecular complexity index is 883. The first-order valence-electron chi connectivity index (χ1n) is 7.41. The zero-order valence-corrected chi connectivity index (χ0v) is 12.0. The highest BCUT2D eigenvalue weighted by atomic mass is 16.4. The molecule has 2 aromatic heterocycles. The summed E-state index contributed by atoms with van der Waals surface area (Å²) in [5, 5.41) is 13.5. The molecule has 0 spiro atoms. The summed E-state index contributed by atoms with van der Waals surface area (Å²) in [5.74, 6) is -1.000. The van der Waals surface area contributed by atoms with Crippen LogP contribution in [0.3, 0.4) is 0 Å². The summed E-state index contributed by atoms with van der Waals surface area (Å²) < 4.78 is 1.53. The number of hydrogen-bond acceptors (Lipinski definition) is 3. The third-order valence-corrected chi connectivity index (χ3v) is 4.20. The highest BCUT2D eigenvalue weighted by Gasteiger charge is 2.13. The predicted molar refractivity (Wildman–Crippen MR) is 82.0 cm³/mol. The Kier molecular flexibility index (Phi) is 2.92. The van der Waals surface area contributed by atoms with Gasteiger partial charge < -0.3 is 5.11 Å². The van der Waals surface area contributed by atoms with Crippen LogP contribution in [0.4, 0.5) is 0 Å². The van der Waals surface area contributed by atoms with E-state index in [0.717, 1.165) is 24.1 Å². The molecule has 0 radical (unpaired) electrons. The Labute approximate surface area is 127 Å². The predicted octanol–water partition coefficient (Wildman–Crippen LogP) is 2.97. The highest BCUT2D eigenvalue weighted by molar-refractivity contribution is 5.87. The Morgan fingerprint density at radius 1 is 1.14 bits per heavy atom. The van der Waals surface area contributed by atoms with E-state index in [1.54, 1.807) is 0 Å². The molecule has 1 aromatic carbocycles. The van der Waals surface area contributed by atoms with Crippen molar-refractivity contribution >= 4 is 11.6 Å². The van der Waals surface area contributed by atoms with Crippen molar-refractivity contribution in [2.45, 2.75) is 25.7 Å². The van der Waals surface area contributed by atoms with Gasteiger partial charge in [-0.1, -0.05) is 12.1 Å². The van der Waals surface area contributed by atoms with Crippen LogP contribution < -0.4 is 0 Å². The van der Waals surface area contributed by atoms with Crippen LogP contribution >= 0.6 is 0 Å². The molecule has 0 saturated carbocycles. The maximum atomic E-state index is 11.0. The van der Waals surface area contributed by atoms with Gasteiger partial charge in [0.25, 0.3) is 0 Å². The SMILES string of the molecule is O=C(O)c1cnc2cc(-c3ccc4c(c3)CCCC4)nn2c1. The first-order chi connectivity index (χ1) is 10.7. The summed E-state index contributed by atoms with van der Waals surface area (Å²) >= 11 is 0. The summed E-state index contributed by atoms with van der Waals surface area (Å²) in [6.07, 6.45) is 7.64. The fourth-order valence-electron chi connectivity index (χ4n) is 3.02. The molecule has 1 N–H and O–H groups in total. The molecule has 0 aliphatic heterocycles. The van der Waals surface area contributed by atoms with E-state index in [0.29, 0.717) is 5.65 Å². The van der Waals surface area contributed by atoms with Gasteiger partial charge in [-0.05, 0) is 42.9 Å². The van der Waals surface area contributed by atoms with E-state index < -0.39 is 5.97 Å². The molecule has 22 heavy (non-hydrogen) atoms. The van der Waals surface area contributed by atoms with Crippen LogP contribution in [0.2, 0.25) is 0 Å². The number of rotatable bonds is 2. The lowest BCUT2D eigenvalue weighted by molar-refractivity contribution is 0.0695. The molecular weight excluding hydrogens is 278 g/mol. The van der Waals surface area contributed by atoms with E-state index in [9.17, 15) is 4.79 Å². The van der Waals surface area contributed by atoms with E-state index >= 15 is 0 Å². The number of carboxylic acids is 1. The lowest BCUT2D eigenvalue weighted by Gasteiger charge is -2.15. The fraction of sp³-hybridized carbons (Fsp3) is 0.235. The first-order valence-corrected chi connectivity index (χ1v) is 7.41. The zero-order valence-electron chi connectivity index (χ0n) is 12.0. The second-order valence-corrected chi connectivity index (χ2v) is 5.67. The number of aryl methyl sites for hydroxylation is 2. The molecule has 0 unspecified atom stereocenters. The van der Waals surface area contributed by atoms with Crippen LogP contribution in [-0.4, -0.2) is 25.7 Å². The van der Waals surface area contributed by atoms with Crippen LogP contribution in [0.5, 0.6) is 0 Å². The molecule has 3 aromatic rings. The largest absolute Gasteiger partial charge is 0.478 e. The molecule has 2 heterocycles. The minimum absolute atomic E-state index is 0.132. The third-order valence-electron chi connectivity index (χ3n) is 4.20. The van der Waals surface area contributed by atoms with Gasteiger partial charge in [-0.2, -0.15) is 5.10 Å². The normalized spacial score (nSPS) is 14.0. The zero-order chi connectivity index (χ0) is 15.1. The Morgan fingerprint density at radius 2 is 1.95 bits per heavy atom. The lowest BCUT2D eigenvalue weighted by Crippen LogP contribution is -2.02. The van der Waals surface area contributed by atoms with Crippen LogP contribution in [0.25, 0.3) is 16.9 Å². The van der Waals surface area contributed by atoms with E-state index in [2.05, 4.69) is 28.3 Å². The van der Waals surface area contributed by atoms with Gasteiger partial charge in [-0.15, -0.1) is 0 Å². The van der Waals surface area contributed by atoms with Crippen LogP contribution in [0.15, 0.2) is 36.7 Å². The number of aromatic nitrogens is 3. The summed E-state index contributed by atoms with van der Waals surface area (Å²) in [6, 6.07) is 8.36. The maximum absolute atomic E-state index is 11.0. The number of benzene rings is 1. The standard InChI is InChI=1S/C17H15N3O2/c21-17(22)14-9-18-16-8-15(19-20(16)10-14)13-6-5-11-3-1-2-4-12(11)7-13/h5-10H,1-4H2,(H,21,22). The third kappa shape index (κ3) is 2.15. The first kappa shape index (κ1) is 13.0. The lowest BCUT2D eigenvalue weighted by atomic mass is 9.90. The van der Waals surface area contributed by atoms with Crippen molar-refractivity contribution < 1.29 is 9.90 Å². The molecule has 0 saturated heterocycles. The second-order valence-electron chi connectivity index (χ2n) is 5.67. The van der Waals surface area contributed by atoms with Crippen molar-refractivity contribution in [2.75, 3.05) is 0 Å². The highest BCUT2D eigenvalue weighted by Crippen LogP contribution is 2.27. The molecule has 1 aliphatic carbocycles. The summed E-state index contributed by atoms with van der Waals surface area (Å²) in [5.41, 5.74) is 5.50. The van der Waals surface area contributed by atoms with Gasteiger partial charge >= 0.3 is 5.97 Å². The van der Waals surface area contributed by atoms with Gasteiger partial charge in [0, 0.05) is 24.0 Å². The van der Waals surface area contributed by atoms with Crippen molar-refractivity contribution in [3.8, 4) is 11.3 Å². The van der Waals surface area contributed by atoms with Crippen LogP contribution in [-0.2, 0) is 12.8 Å². The molecule has 5 heteroatoms. The molecular formula is C17H15N3O2. The second kappa shape index (κ2) is 4.94. The molecule has 110 valence electrons. The van der Waals surface area contributed by atoms with E-state index in [1.807, 2.05) is 6.07 Å². The Morgan fingerprint density at radius 3 is 2.77 bits per heavy atom. The van der Waals surface area contributed by atoms with Gasteiger partial charge in [0.15, 0.2) is 5.65 Å². The number of nitrogens with zero attached hydrogens (tertiary/aromatic N) is 3. The van der Waals surface area contributed by atoms with Crippen molar-refractivity contribution in [1.82, 2.24) is 14.6 Å². The smallest absolute Gasteiger partial charge is 0.338 e. The molecule has 5 nitrogen and oxygen atoms in total. The van der Waals surface area contributed by atoms with Gasteiger partial charge in [0.2, 0.25) is 0 Å². The van der Waals surface area contributed by atoms with Crippen LogP contribution in [0.1, 0.15) is 34.3 Å². The van der Waals surface area contributed by atoms with Gasteiger partial charge in [0.1, 0.15) is 0 Å². The summed E-state index contributed by atoms with van der Waals surface area (Å²) in [6.45, 7) is 0. The van der Waals surface area contributed by atoms with E-state index in [4.69, 9.17) is 5.11 Å². The average Bonchev–Trinajstić information content (AvgIpc) is 2.97. The molecule has 0 amide bonds. The molecule has 0 fully saturated rings. The quantitative estimate of drug-likeness (QED) is 0.788. The molecule has 4 rings (SSSR count). The van der Waals surface area contributed by atoms with Gasteiger partial charge in [-0.25, -0.2) is 14.3 Å². The Balaban J connectivity index is 1.79. The fourth-order valence-corrected chi connectivity index (χ4v) is 3.02. The molecule has 1 aliphatic rings. The number of aromatic carboxylic acids is 1. The number of carboxylic acid groups (broad SMARTS) is 1. The summed E-state index contributed by atoms with van der Waals surface area (Å²) in [4.78, 5) is 15.2. The van der Waals surface area contributed by atoms with Gasteiger partial charge in [-0.3, -0.25) is 0 Å². The van der Waals surface area contributed by atoms with E-state index in [-0.39, 0.29) is 5.56 Å². The monoisotopic (exact) mass is 293 g/mol. The molecule has 0 atom stereocenters. The minimum Gasteiger partial charge on any atom is -0.478 e. The van der Waals surface area contributed by atoms with Gasteiger partial charge in [0.05, 0.1) is 11.3 Å². The number of fused-ring (bicyclic) bond motifs is 2. The topological polar surface area (TPSA) is 67.5 Å². The van der Waals surface area contributed by atoms with Crippen molar-refractivity contribution in [1.29, 1.82) is 0 Å². The molecule has 0 bridgehead atoms. The number of hydrogen-bond donors (Lipinski definition) is 1. The van der Waals surface area contributed by atoms with Crippen molar-refractivity contribution in [3.05, 3.63) is 53.3 Å².